The van der Waals surface area contributed by atoms with E-state index in [0.717, 1.165) is 25.5 Å². The molecule has 0 atom stereocenters. The number of hydrogen-bond donors (Lipinski definition) is 2. The molecule has 26 heavy (non-hydrogen) atoms. The number of halogens is 1. The van der Waals surface area contributed by atoms with E-state index in [1.807, 2.05) is 0 Å². The van der Waals surface area contributed by atoms with Gasteiger partial charge in [-0.15, -0.1) is 24.0 Å². The van der Waals surface area contributed by atoms with Crippen LogP contribution in [0.3, 0.4) is 0 Å². The van der Waals surface area contributed by atoms with Crippen LogP contribution in [0.1, 0.15) is 22.8 Å². The minimum atomic E-state index is -0.125. The van der Waals surface area contributed by atoms with Crippen molar-refractivity contribution < 1.29 is 4.79 Å². The minimum Gasteiger partial charge on any atom is -0.356 e. The van der Waals surface area contributed by atoms with Crippen LogP contribution in [0.25, 0.3) is 0 Å². The molecule has 0 fully saturated rings. The summed E-state index contributed by atoms with van der Waals surface area (Å²) in [7, 11) is 0. The molecular formula is C19H24IN5O. The van der Waals surface area contributed by atoms with Crippen molar-refractivity contribution in [2.45, 2.75) is 13.3 Å². The molecule has 2 N–H and O–H groups in total. The maximum atomic E-state index is 12.0. The van der Waals surface area contributed by atoms with Crippen LogP contribution >= 0.6 is 24.0 Å². The number of fused-ring (bicyclic) bond motifs is 1. The molecule has 0 bridgehead atoms. The molecule has 3 rings (SSSR count). The van der Waals surface area contributed by atoms with Crippen LogP contribution in [0.4, 0.5) is 5.69 Å². The van der Waals surface area contributed by atoms with Gasteiger partial charge in [0.2, 0.25) is 0 Å². The highest BCUT2D eigenvalue weighted by Gasteiger charge is 2.22. The average molecular weight is 465 g/mol. The molecule has 0 unspecified atom stereocenters. The van der Waals surface area contributed by atoms with E-state index in [0.29, 0.717) is 18.7 Å². The Bertz CT molecular complexity index is 751. The highest BCUT2D eigenvalue weighted by atomic mass is 127. The van der Waals surface area contributed by atoms with Gasteiger partial charge in [-0.3, -0.25) is 14.8 Å². The van der Waals surface area contributed by atoms with E-state index in [2.05, 4.69) is 56.7 Å². The fourth-order valence-electron chi connectivity index (χ4n) is 2.88. The smallest absolute Gasteiger partial charge is 0.252 e. The minimum absolute atomic E-state index is 0. The molecule has 1 aliphatic rings. The Morgan fingerprint density at radius 3 is 2.85 bits per heavy atom. The number of rotatable bonds is 5. The molecule has 0 saturated carbocycles. The number of para-hydroxylation sites is 1. The summed E-state index contributed by atoms with van der Waals surface area (Å²) in [6.07, 6.45) is 4.24. The Hall–Kier alpha value is -2.16. The lowest BCUT2D eigenvalue weighted by molar-refractivity contribution is 0.0954. The van der Waals surface area contributed by atoms with Crippen molar-refractivity contribution in [3.8, 4) is 0 Å². The number of guanidine groups is 1. The standard InChI is InChI=1S/C19H23N5O.HI/c1-2-21-19(24-13-9-15-6-3-4-8-17(15)24)23-12-11-22-18(25)16-7-5-10-20-14-16;/h3-8,10,14H,2,9,11-13H2,1H3,(H,21,23)(H,22,25);1H. The topological polar surface area (TPSA) is 69.6 Å². The van der Waals surface area contributed by atoms with E-state index < -0.39 is 0 Å². The number of benzene rings is 1. The Kier molecular flexibility index (Phi) is 7.83. The molecule has 1 aliphatic heterocycles. The van der Waals surface area contributed by atoms with E-state index in [1.165, 1.54) is 11.3 Å². The van der Waals surface area contributed by atoms with Crippen LogP contribution < -0.4 is 15.5 Å². The molecule has 0 saturated heterocycles. The molecule has 138 valence electrons. The first-order chi connectivity index (χ1) is 12.3. The molecule has 1 amide bonds. The monoisotopic (exact) mass is 465 g/mol. The van der Waals surface area contributed by atoms with E-state index in [1.54, 1.807) is 24.5 Å². The fraction of sp³-hybridized carbons (Fsp3) is 0.316. The number of nitrogens with zero attached hydrogens (tertiary/aromatic N) is 3. The van der Waals surface area contributed by atoms with Crippen molar-refractivity contribution >= 4 is 41.5 Å². The van der Waals surface area contributed by atoms with Crippen molar-refractivity contribution in [3.63, 3.8) is 0 Å². The van der Waals surface area contributed by atoms with Gasteiger partial charge in [0.05, 0.1) is 12.1 Å². The first-order valence-corrected chi connectivity index (χ1v) is 8.61. The zero-order valence-corrected chi connectivity index (χ0v) is 17.1. The summed E-state index contributed by atoms with van der Waals surface area (Å²) in [5.74, 6) is 0.739. The summed E-state index contributed by atoms with van der Waals surface area (Å²) in [5, 5.41) is 6.21. The van der Waals surface area contributed by atoms with Crippen LogP contribution in [-0.2, 0) is 6.42 Å². The fourth-order valence-corrected chi connectivity index (χ4v) is 2.88. The van der Waals surface area contributed by atoms with Gasteiger partial charge in [0.1, 0.15) is 0 Å². The van der Waals surface area contributed by atoms with Crippen LogP contribution in [0.5, 0.6) is 0 Å². The highest BCUT2D eigenvalue weighted by molar-refractivity contribution is 14.0. The number of aromatic nitrogens is 1. The van der Waals surface area contributed by atoms with E-state index in [9.17, 15) is 4.79 Å². The Labute approximate surface area is 171 Å². The summed E-state index contributed by atoms with van der Waals surface area (Å²) in [6.45, 7) is 4.79. The predicted molar refractivity (Wildman–Crippen MR) is 115 cm³/mol. The lowest BCUT2D eigenvalue weighted by atomic mass is 10.2. The van der Waals surface area contributed by atoms with Gasteiger partial charge >= 0.3 is 0 Å². The molecule has 2 heterocycles. The second-order valence-electron chi connectivity index (χ2n) is 5.76. The SMILES string of the molecule is CCNC(=NCCNC(=O)c1cccnc1)N1CCc2ccccc21.I. The van der Waals surface area contributed by atoms with Crippen LogP contribution in [-0.4, -0.2) is 43.0 Å². The molecule has 2 aromatic rings. The summed E-state index contributed by atoms with van der Waals surface area (Å²) in [5.41, 5.74) is 3.12. The van der Waals surface area contributed by atoms with Gasteiger partial charge in [0.15, 0.2) is 5.96 Å². The van der Waals surface area contributed by atoms with Crippen molar-refractivity contribution in [1.82, 2.24) is 15.6 Å². The first-order valence-electron chi connectivity index (χ1n) is 8.61. The molecule has 1 aromatic carbocycles. The third-order valence-corrected chi connectivity index (χ3v) is 4.06. The zero-order chi connectivity index (χ0) is 17.5. The first kappa shape index (κ1) is 20.2. The largest absolute Gasteiger partial charge is 0.356 e. The Morgan fingerprint density at radius 2 is 2.08 bits per heavy atom. The lowest BCUT2D eigenvalue weighted by Crippen LogP contribution is -2.41. The molecule has 0 spiro atoms. The van der Waals surface area contributed by atoms with Crippen molar-refractivity contribution in [2.75, 3.05) is 31.1 Å². The Balaban J connectivity index is 0.00000243. The summed E-state index contributed by atoms with van der Waals surface area (Å²) in [6, 6.07) is 11.9. The number of anilines is 1. The number of amides is 1. The van der Waals surface area contributed by atoms with Crippen molar-refractivity contribution in [1.29, 1.82) is 0 Å². The van der Waals surface area contributed by atoms with E-state index >= 15 is 0 Å². The summed E-state index contributed by atoms with van der Waals surface area (Å²) < 4.78 is 0. The van der Waals surface area contributed by atoms with Gasteiger partial charge in [0.25, 0.3) is 5.91 Å². The molecule has 6 nitrogen and oxygen atoms in total. The zero-order valence-electron chi connectivity index (χ0n) is 14.8. The third-order valence-electron chi connectivity index (χ3n) is 4.06. The maximum Gasteiger partial charge on any atom is 0.252 e. The Morgan fingerprint density at radius 1 is 1.23 bits per heavy atom. The van der Waals surface area contributed by atoms with Gasteiger partial charge in [-0.2, -0.15) is 0 Å². The van der Waals surface area contributed by atoms with Crippen LogP contribution in [0, 0.1) is 0 Å². The number of nitrogens with one attached hydrogen (secondary N) is 2. The van der Waals surface area contributed by atoms with Gasteiger partial charge < -0.3 is 15.5 Å². The second kappa shape index (κ2) is 10.1. The molecule has 1 aromatic heterocycles. The van der Waals surface area contributed by atoms with Crippen LogP contribution in [0.15, 0.2) is 53.8 Å². The lowest BCUT2D eigenvalue weighted by Gasteiger charge is -2.22. The van der Waals surface area contributed by atoms with Gasteiger partial charge in [-0.25, -0.2) is 0 Å². The predicted octanol–water partition coefficient (Wildman–Crippen LogP) is 2.46. The molecule has 7 heteroatoms. The van der Waals surface area contributed by atoms with Crippen molar-refractivity contribution in [2.24, 2.45) is 4.99 Å². The van der Waals surface area contributed by atoms with Gasteiger partial charge in [-0.1, -0.05) is 18.2 Å². The quantitative estimate of drug-likeness (QED) is 0.308. The van der Waals surface area contributed by atoms with Gasteiger partial charge in [-0.05, 0) is 37.1 Å². The molecule has 0 aliphatic carbocycles. The summed E-state index contributed by atoms with van der Waals surface area (Å²) >= 11 is 0. The number of hydrogen-bond acceptors (Lipinski definition) is 3. The molecule has 0 radical (unpaired) electrons. The number of carbonyl (C=O) groups is 1. The number of aliphatic imine (C=N–C) groups is 1. The average Bonchev–Trinajstić information content (AvgIpc) is 3.09. The van der Waals surface area contributed by atoms with Gasteiger partial charge in [0, 0.05) is 37.7 Å². The molecular weight excluding hydrogens is 441 g/mol. The van der Waals surface area contributed by atoms with Crippen LogP contribution in [0.2, 0.25) is 0 Å². The number of carbonyl (C=O) groups excluding carboxylic acids is 1. The normalized spacial score (nSPS) is 13.0. The van der Waals surface area contributed by atoms with Crippen molar-refractivity contribution in [3.05, 3.63) is 59.9 Å². The van der Waals surface area contributed by atoms with E-state index in [-0.39, 0.29) is 29.9 Å². The van der Waals surface area contributed by atoms with E-state index in [4.69, 9.17) is 0 Å². The summed E-state index contributed by atoms with van der Waals surface area (Å²) in [4.78, 5) is 22.8. The maximum absolute atomic E-state index is 12.0. The third kappa shape index (κ3) is 4.94. The second-order valence-corrected chi connectivity index (χ2v) is 5.76. The number of pyridine rings is 1. The highest BCUT2D eigenvalue weighted by Crippen LogP contribution is 2.27.